The first-order chi connectivity index (χ1) is 17.9. The van der Waals surface area contributed by atoms with Gasteiger partial charge in [-0.25, -0.2) is 4.39 Å². The van der Waals surface area contributed by atoms with Crippen LogP contribution in [0.1, 0.15) is 38.2 Å². The Balaban J connectivity index is 1.10. The van der Waals surface area contributed by atoms with Crippen molar-refractivity contribution in [2.45, 2.75) is 38.1 Å². The van der Waals surface area contributed by atoms with E-state index in [2.05, 4.69) is 10.2 Å². The number of nitrogens with one attached hydrogen (secondary N) is 1. The van der Waals surface area contributed by atoms with Gasteiger partial charge in [-0.15, -0.1) is 0 Å². The maximum Gasteiger partial charge on any atom is 0.256 e. The fraction of sp³-hybridized carbons (Fsp3) is 0.379. The molecule has 1 N–H and O–H groups in total. The lowest BCUT2D eigenvalue weighted by atomic mass is 9.95. The van der Waals surface area contributed by atoms with E-state index >= 15 is 4.39 Å². The average Bonchev–Trinajstić information content (AvgIpc) is 3.74. The minimum atomic E-state index is -0.704. The number of amides is 2. The van der Waals surface area contributed by atoms with Gasteiger partial charge in [0.2, 0.25) is 5.91 Å². The number of H-pyrrole nitrogens is 1. The van der Waals surface area contributed by atoms with E-state index in [9.17, 15) is 9.59 Å². The molecule has 4 aliphatic rings. The van der Waals surface area contributed by atoms with E-state index in [0.717, 1.165) is 35.1 Å². The van der Waals surface area contributed by atoms with E-state index in [1.165, 1.54) is 6.07 Å². The zero-order valence-electron chi connectivity index (χ0n) is 20.7. The Morgan fingerprint density at radius 3 is 2.30 bits per heavy atom. The highest BCUT2D eigenvalue weighted by molar-refractivity contribution is 6.16. The quantitative estimate of drug-likeness (QED) is 0.553. The number of aromatic amines is 1. The number of carbonyl (C=O) groups is 2. The first-order valence-electron chi connectivity index (χ1n) is 13.0. The third kappa shape index (κ3) is 3.69. The van der Waals surface area contributed by atoms with E-state index in [4.69, 9.17) is 4.99 Å². The third-order valence-corrected chi connectivity index (χ3v) is 8.40. The van der Waals surface area contributed by atoms with E-state index in [0.29, 0.717) is 43.9 Å². The fourth-order valence-electron chi connectivity index (χ4n) is 5.51. The van der Waals surface area contributed by atoms with Crippen molar-refractivity contribution in [3.05, 3.63) is 66.2 Å². The highest BCUT2D eigenvalue weighted by Gasteiger charge is 2.58. The van der Waals surface area contributed by atoms with E-state index in [1.807, 2.05) is 48.4 Å². The van der Waals surface area contributed by atoms with Gasteiger partial charge >= 0.3 is 0 Å². The molecule has 1 saturated heterocycles. The minimum absolute atomic E-state index is 0.0280. The monoisotopic (exact) mass is 497 g/mol. The van der Waals surface area contributed by atoms with Gasteiger partial charge in [0.25, 0.3) is 5.91 Å². The van der Waals surface area contributed by atoms with Crippen molar-refractivity contribution < 1.29 is 14.0 Å². The molecule has 7 rings (SSSR count). The molecule has 0 unspecified atom stereocenters. The smallest absolute Gasteiger partial charge is 0.256 e. The molecule has 1 spiro atoms. The van der Waals surface area contributed by atoms with Crippen LogP contribution in [0.15, 0.2) is 59.9 Å². The molecule has 7 nitrogen and oxygen atoms in total. The predicted octanol–water partition coefficient (Wildman–Crippen LogP) is 4.26. The highest BCUT2D eigenvalue weighted by Crippen LogP contribution is 2.48. The molecule has 1 aromatic heterocycles. The molecule has 37 heavy (non-hydrogen) atoms. The summed E-state index contributed by atoms with van der Waals surface area (Å²) in [7, 11) is 0. The Kier molecular flexibility index (Phi) is 4.75. The third-order valence-electron chi connectivity index (χ3n) is 8.40. The maximum absolute atomic E-state index is 15.5. The average molecular weight is 498 g/mol. The number of halogens is 1. The highest BCUT2D eigenvalue weighted by atomic mass is 19.1. The van der Waals surface area contributed by atoms with Crippen molar-refractivity contribution in [1.29, 1.82) is 0 Å². The zero-order valence-corrected chi connectivity index (χ0v) is 20.7. The zero-order chi connectivity index (χ0) is 25.4. The van der Waals surface area contributed by atoms with Crippen molar-refractivity contribution in [3.63, 3.8) is 0 Å². The fourth-order valence-corrected chi connectivity index (χ4v) is 5.51. The molecule has 188 valence electrons. The van der Waals surface area contributed by atoms with Gasteiger partial charge in [0.15, 0.2) is 0 Å². The number of aromatic nitrogens is 2. The van der Waals surface area contributed by atoms with Crippen molar-refractivity contribution >= 4 is 17.6 Å². The molecule has 3 heterocycles. The van der Waals surface area contributed by atoms with Crippen LogP contribution in [-0.2, 0) is 9.59 Å². The Morgan fingerprint density at radius 1 is 1.03 bits per heavy atom. The molecule has 3 fully saturated rings. The summed E-state index contributed by atoms with van der Waals surface area (Å²) in [4.78, 5) is 34.2. The molecular formula is C29H28FN5O2. The van der Waals surface area contributed by atoms with Crippen LogP contribution in [0.5, 0.6) is 0 Å². The number of carbonyl (C=O) groups excluding carboxylic acids is 2. The second kappa shape index (κ2) is 7.84. The summed E-state index contributed by atoms with van der Waals surface area (Å²) in [5, 5.41) is 6.79. The molecule has 2 aromatic carbocycles. The SMILES string of the molecule is CC1(C(=O)N2CC(CN3C(=O)C4(CC4)N=C3c3ccc(-c4ccc(-c5cn[nH]c5)cc4)cc3F)C2)CC1. The van der Waals surface area contributed by atoms with Crippen LogP contribution >= 0.6 is 0 Å². The molecule has 0 radical (unpaired) electrons. The molecule has 0 bridgehead atoms. The molecule has 3 aromatic rings. The van der Waals surface area contributed by atoms with Crippen LogP contribution in [0.2, 0.25) is 0 Å². The first-order valence-corrected chi connectivity index (χ1v) is 13.0. The van der Waals surface area contributed by atoms with Gasteiger partial charge in [-0.1, -0.05) is 37.3 Å². The van der Waals surface area contributed by atoms with Crippen molar-refractivity contribution in [3.8, 4) is 22.3 Å². The number of likely N-dealkylation sites (tertiary alicyclic amines) is 1. The largest absolute Gasteiger partial charge is 0.341 e. The molecule has 2 saturated carbocycles. The topological polar surface area (TPSA) is 81.7 Å². The molecule has 2 aliphatic heterocycles. The Bertz CT molecular complexity index is 1430. The maximum atomic E-state index is 15.5. The first kappa shape index (κ1) is 22.4. The van der Waals surface area contributed by atoms with Gasteiger partial charge in [0, 0.05) is 42.7 Å². The summed E-state index contributed by atoms with van der Waals surface area (Å²) in [6.07, 6.45) is 6.93. The van der Waals surface area contributed by atoms with Crippen LogP contribution in [0.3, 0.4) is 0 Å². The number of hydrogen-bond donors (Lipinski definition) is 1. The summed E-state index contributed by atoms with van der Waals surface area (Å²) in [6, 6.07) is 13.0. The Morgan fingerprint density at radius 2 is 1.70 bits per heavy atom. The standard InChI is InChI=1S/C29H28FN5O2/c1-28(8-9-28)26(36)34-15-18(16-34)17-35-25(33-29(10-11-29)27(35)37)23-7-6-21(12-24(23)30)19-2-4-20(5-3-19)22-13-31-32-14-22/h2-7,12-14,18H,8-11,15-17H2,1H3,(H,31,32). The molecule has 8 heteroatoms. The van der Waals surface area contributed by atoms with E-state index in [-0.39, 0.29) is 23.1 Å². The predicted molar refractivity (Wildman–Crippen MR) is 137 cm³/mol. The number of amidine groups is 1. The second-order valence-electron chi connectivity index (χ2n) is 11.3. The normalized spacial score (nSPS) is 21.2. The summed E-state index contributed by atoms with van der Waals surface area (Å²) >= 11 is 0. The van der Waals surface area contributed by atoms with Crippen molar-refractivity contribution in [2.24, 2.45) is 16.3 Å². The lowest BCUT2D eigenvalue weighted by Gasteiger charge is -2.42. The number of nitrogens with zero attached hydrogens (tertiary/aromatic N) is 4. The molecule has 0 atom stereocenters. The van der Waals surface area contributed by atoms with Crippen LogP contribution in [-0.4, -0.2) is 62.8 Å². The Labute approximate surface area is 214 Å². The van der Waals surface area contributed by atoms with Gasteiger partial charge in [-0.05, 0) is 54.5 Å². The van der Waals surface area contributed by atoms with Crippen LogP contribution < -0.4 is 0 Å². The summed E-state index contributed by atoms with van der Waals surface area (Å²) in [5.74, 6) is 0.423. The van der Waals surface area contributed by atoms with Gasteiger partial charge in [-0.3, -0.25) is 24.6 Å². The minimum Gasteiger partial charge on any atom is -0.341 e. The number of rotatable bonds is 6. The second-order valence-corrected chi connectivity index (χ2v) is 11.3. The van der Waals surface area contributed by atoms with Crippen LogP contribution in [0.4, 0.5) is 4.39 Å². The summed E-state index contributed by atoms with van der Waals surface area (Å²) in [5.41, 5.74) is 3.16. The number of aliphatic imine (C=N–C) groups is 1. The Hall–Kier alpha value is -3.81. The van der Waals surface area contributed by atoms with Crippen LogP contribution in [0.25, 0.3) is 22.3 Å². The summed E-state index contributed by atoms with van der Waals surface area (Å²) in [6.45, 7) is 3.79. The van der Waals surface area contributed by atoms with Gasteiger partial charge in [0.1, 0.15) is 17.2 Å². The van der Waals surface area contributed by atoms with Crippen molar-refractivity contribution in [1.82, 2.24) is 20.0 Å². The van der Waals surface area contributed by atoms with E-state index in [1.54, 1.807) is 17.2 Å². The van der Waals surface area contributed by atoms with Gasteiger partial charge in [-0.2, -0.15) is 5.10 Å². The van der Waals surface area contributed by atoms with Gasteiger partial charge < -0.3 is 4.90 Å². The summed E-state index contributed by atoms with van der Waals surface area (Å²) < 4.78 is 15.5. The van der Waals surface area contributed by atoms with Gasteiger partial charge in [0.05, 0.1) is 11.8 Å². The van der Waals surface area contributed by atoms with Crippen molar-refractivity contribution in [2.75, 3.05) is 19.6 Å². The molecule has 2 aliphatic carbocycles. The molecule has 2 amide bonds. The van der Waals surface area contributed by atoms with Crippen LogP contribution in [0, 0.1) is 17.2 Å². The number of hydrogen-bond acceptors (Lipinski definition) is 4. The lowest BCUT2D eigenvalue weighted by Crippen LogP contribution is -2.56. The molecular weight excluding hydrogens is 469 g/mol. The van der Waals surface area contributed by atoms with E-state index < -0.39 is 11.4 Å². The lowest BCUT2D eigenvalue weighted by molar-refractivity contribution is -0.143. The number of benzene rings is 2.